The summed E-state index contributed by atoms with van der Waals surface area (Å²) in [5.41, 5.74) is 6.76. The van der Waals surface area contributed by atoms with Gasteiger partial charge in [-0.15, -0.1) is 17.4 Å². The number of nitrogens with one attached hydrogen (secondary N) is 1. The number of aryl methyl sites for hydroxylation is 1. The number of sulfonamides is 2. The molecule has 5 aromatic heterocycles. The standard InChI is InChI=1S/C22H27F3N4O3S.C11H14FNO4S.C10H10F2N4.C10H14F2N4.C9H10ClF2N3.C5H9F2N.C4H2Cl2N2.ClH/c1-16(2)29(33(31,32)20-7-3-17(23)4-8-20)14-19(30)6-5-18-13-21(27-15-26-18)28-11-9-22(24,25)10-12-28;1-8(2)13(7-11(14)15)18(16,17)10-5-3-9(12)4-6-10;1-13-8-6-9(15-7-14-8)16-4-2-10(11,12)3-5-16;11-10(12)1-3-16(4-2-10)9-5-8(6-13)14-7-15-9;10-7-5-8(14-6-13-7)15-3-1-9(11,12)2-4-15;6-5(7)1-3-8-4-2-5;5-3-1-4(6)8-2-7-3;/h3-4,7-8,13,15-16H,5-6,9-12,14H2,1-2H3;3-6,8H,7H2,1-2H3,(H,14,15);6-7H,2-5H2;5,7H,1-4,6,13H2;5-6H,1-4H2;8H,1-4H2;1-2H;1H. The van der Waals surface area contributed by atoms with Crippen LogP contribution in [0.25, 0.3) is 4.85 Å². The van der Waals surface area contributed by atoms with E-state index in [4.69, 9.17) is 52.2 Å². The lowest BCUT2D eigenvalue weighted by atomic mass is 10.1. The first-order valence-corrected chi connectivity index (χ1v) is 39.5. The quantitative estimate of drug-likeness (QED) is 0.0408. The van der Waals surface area contributed by atoms with E-state index >= 15 is 0 Å². The normalized spacial score (nSPS) is 17.2. The Labute approximate surface area is 679 Å². The van der Waals surface area contributed by atoms with Crippen LogP contribution in [0.4, 0.5) is 81.8 Å². The minimum absolute atomic E-state index is 0. The first-order valence-electron chi connectivity index (χ1n) is 35.5. The summed E-state index contributed by atoms with van der Waals surface area (Å²) >= 11 is 16.5. The summed E-state index contributed by atoms with van der Waals surface area (Å²) in [5, 5.41) is 12.6. The third-order valence-corrected chi connectivity index (χ3v) is 22.2. The molecule has 44 heteroatoms. The molecule has 0 atom stereocenters. The molecule has 10 heterocycles. The Morgan fingerprint density at radius 1 is 0.487 bits per heavy atom. The number of carboxylic acids is 1. The molecular formula is C71H87Cl4F12N19O7S2. The Hall–Kier alpha value is -8.27. The van der Waals surface area contributed by atoms with Crippen molar-refractivity contribution in [3.63, 3.8) is 0 Å². The number of piperidine rings is 5. The molecule has 0 aliphatic carbocycles. The SMILES string of the molecule is CC(C)N(CC(=O)CCc1cc(N2CCC(F)(F)CC2)ncn1)S(=O)(=O)c1ccc(F)cc1.CC(C)N(CC(=O)O)S(=O)(=O)c1ccc(F)cc1.Cl.Clc1cc(Cl)ncn1.FC1(F)CCN(c2cc(Cl)ncn2)CC1.FC1(F)CCNCC1.NCc1cc(N2CCC(F)(F)CC2)ncn1.[C-]#[N+]c1cc(N2CCC(F)(F)CC2)ncn1. The molecule has 26 nitrogen and oxygen atoms in total. The molecule has 5 fully saturated rings. The van der Waals surface area contributed by atoms with Gasteiger partial charge in [0.15, 0.2) is 0 Å². The lowest BCUT2D eigenvalue weighted by Crippen LogP contribution is -2.40. The fraction of sp³-hybridized carbons (Fsp3) is 0.507. The van der Waals surface area contributed by atoms with Crippen LogP contribution < -0.4 is 30.7 Å². The van der Waals surface area contributed by atoms with E-state index in [1.54, 1.807) is 60.6 Å². The van der Waals surface area contributed by atoms with Crippen LogP contribution in [0.3, 0.4) is 0 Å². The number of halogens is 16. The average Bonchev–Trinajstić information content (AvgIpc) is 0.554. The number of hydrogen-bond acceptors (Lipinski definition) is 22. The fourth-order valence-corrected chi connectivity index (χ4v) is 14.7. The van der Waals surface area contributed by atoms with Gasteiger partial charge in [-0.05, 0) is 82.6 Å². The third kappa shape index (κ3) is 33.3. The van der Waals surface area contributed by atoms with Crippen LogP contribution in [0.1, 0.15) is 110 Å². The van der Waals surface area contributed by atoms with E-state index < -0.39 is 85.9 Å². The van der Waals surface area contributed by atoms with Crippen LogP contribution in [0.2, 0.25) is 15.5 Å². The molecule has 0 saturated carbocycles. The summed E-state index contributed by atoms with van der Waals surface area (Å²) in [6, 6.07) is 15.8. The number of rotatable bonds is 18. The van der Waals surface area contributed by atoms with E-state index in [-0.39, 0.29) is 144 Å². The van der Waals surface area contributed by atoms with Crippen molar-refractivity contribution in [3.8, 4) is 0 Å². The number of hydrogen-bond donors (Lipinski definition) is 3. The second-order valence-corrected chi connectivity index (χ2v) is 31.7. The second kappa shape index (κ2) is 44.9. The van der Waals surface area contributed by atoms with Crippen molar-refractivity contribution in [2.75, 3.05) is 98.1 Å². The number of nitrogens with zero attached hydrogens (tertiary/aromatic N) is 17. The van der Waals surface area contributed by atoms with Crippen molar-refractivity contribution in [2.24, 2.45) is 5.73 Å². The molecule has 632 valence electrons. The van der Waals surface area contributed by atoms with Gasteiger partial charge in [0.05, 0.1) is 22.0 Å². The summed E-state index contributed by atoms with van der Waals surface area (Å²) in [5.74, 6) is -12.7. The van der Waals surface area contributed by atoms with Crippen LogP contribution in [-0.2, 0) is 42.6 Å². The number of anilines is 4. The lowest BCUT2D eigenvalue weighted by molar-refractivity contribution is -0.137. The van der Waals surface area contributed by atoms with E-state index in [1.807, 2.05) is 4.90 Å². The van der Waals surface area contributed by atoms with Crippen molar-refractivity contribution >= 4 is 108 Å². The molecule has 0 bridgehead atoms. The Kier molecular flexibility index (Phi) is 38.0. The first kappa shape index (κ1) is 97.3. The number of nitrogens with two attached hydrogens (primary N) is 1. The van der Waals surface area contributed by atoms with Crippen LogP contribution in [0, 0.1) is 18.2 Å². The van der Waals surface area contributed by atoms with Gasteiger partial charge >= 0.3 is 5.97 Å². The lowest BCUT2D eigenvalue weighted by Gasteiger charge is -2.32. The maximum atomic E-state index is 13.4. The van der Waals surface area contributed by atoms with Gasteiger partial charge in [0, 0.05) is 191 Å². The molecule has 4 N–H and O–H groups in total. The number of Topliss-reactive ketones (excluding diaryl/α,β-unsaturated/α-hetero) is 1. The van der Waals surface area contributed by atoms with E-state index in [0.717, 1.165) is 50.7 Å². The Balaban J connectivity index is 0.000000251. The van der Waals surface area contributed by atoms with Crippen LogP contribution in [-0.4, -0.2) is 212 Å². The molecule has 0 amide bonds. The number of ketones is 1. The largest absolute Gasteiger partial charge is 0.480 e. The highest BCUT2D eigenvalue weighted by atomic mass is 35.5. The van der Waals surface area contributed by atoms with Gasteiger partial charge in [-0.25, -0.2) is 109 Å². The van der Waals surface area contributed by atoms with E-state index in [9.17, 15) is 79.1 Å². The summed E-state index contributed by atoms with van der Waals surface area (Å²) in [6.07, 6.45) is 5.73. The first-order chi connectivity index (χ1) is 53.5. The highest BCUT2D eigenvalue weighted by molar-refractivity contribution is 7.89. The number of carbonyl (C=O) groups is 2. The number of aliphatic carboxylic acids is 1. The molecule has 5 aliphatic rings. The molecule has 7 aromatic rings. The van der Waals surface area contributed by atoms with Gasteiger partial charge < -0.3 is 40.6 Å². The van der Waals surface area contributed by atoms with Gasteiger partial charge in [-0.3, -0.25) is 9.59 Å². The van der Waals surface area contributed by atoms with Gasteiger partial charge in [0.1, 0.15) is 88.0 Å². The van der Waals surface area contributed by atoms with E-state index in [0.29, 0.717) is 90.2 Å². The van der Waals surface area contributed by atoms with Crippen LogP contribution >= 0.6 is 47.2 Å². The van der Waals surface area contributed by atoms with Gasteiger partial charge in [-0.2, -0.15) is 13.6 Å². The third-order valence-electron chi connectivity index (χ3n) is 17.5. The summed E-state index contributed by atoms with van der Waals surface area (Å²) < 4.78 is 207. The monoisotopic (exact) mass is 1750 g/mol. The fourth-order valence-electron chi connectivity index (χ4n) is 11.0. The van der Waals surface area contributed by atoms with Gasteiger partial charge in [0.25, 0.3) is 35.4 Å². The Morgan fingerprint density at radius 3 is 1.12 bits per heavy atom. The zero-order valence-electron chi connectivity index (χ0n) is 62.7. The Morgan fingerprint density at radius 2 is 0.800 bits per heavy atom. The zero-order chi connectivity index (χ0) is 84.2. The van der Waals surface area contributed by atoms with Crippen molar-refractivity contribution < 1.29 is 84.2 Å². The smallest absolute Gasteiger partial charge is 0.318 e. The molecule has 12 rings (SSSR count). The molecule has 5 aliphatic heterocycles. The maximum absolute atomic E-state index is 13.4. The Bertz CT molecular complexity index is 4450. The predicted molar refractivity (Wildman–Crippen MR) is 411 cm³/mol. The average molecular weight is 1750 g/mol. The topological polar surface area (TPSA) is 313 Å². The summed E-state index contributed by atoms with van der Waals surface area (Å²) in [6.45, 7) is 15.8. The van der Waals surface area contributed by atoms with E-state index in [1.165, 1.54) is 55.9 Å². The molecular weight excluding hydrogens is 1660 g/mol. The van der Waals surface area contributed by atoms with Crippen LogP contribution in [0.5, 0.6) is 0 Å². The van der Waals surface area contributed by atoms with Crippen molar-refractivity contribution in [1.82, 2.24) is 63.8 Å². The van der Waals surface area contributed by atoms with E-state index in [2.05, 4.69) is 60.0 Å². The molecule has 0 spiro atoms. The maximum Gasteiger partial charge on any atom is 0.318 e. The predicted octanol–water partition coefficient (Wildman–Crippen LogP) is 13.8. The molecule has 115 heavy (non-hydrogen) atoms. The number of carboxylic acid groups (broad SMARTS) is 1. The molecule has 0 radical (unpaired) electrons. The zero-order valence-corrected chi connectivity index (χ0v) is 67.4. The van der Waals surface area contributed by atoms with Crippen molar-refractivity contribution in [2.45, 2.75) is 163 Å². The minimum atomic E-state index is -3.97. The molecule has 5 saturated heterocycles. The minimum Gasteiger partial charge on any atom is -0.480 e. The second-order valence-electron chi connectivity index (χ2n) is 26.8. The van der Waals surface area contributed by atoms with Crippen LogP contribution in [0.15, 0.2) is 120 Å². The number of carbonyl (C=O) groups excluding carboxylic acids is 1. The van der Waals surface area contributed by atoms with Gasteiger partial charge in [0.2, 0.25) is 26.4 Å². The van der Waals surface area contributed by atoms with Crippen molar-refractivity contribution in [1.29, 1.82) is 0 Å². The summed E-state index contributed by atoms with van der Waals surface area (Å²) in [7, 11) is -7.90. The number of benzene rings is 2. The highest BCUT2D eigenvalue weighted by Crippen LogP contribution is 2.35. The van der Waals surface area contributed by atoms with Crippen molar-refractivity contribution in [3.05, 3.63) is 160 Å². The highest BCUT2D eigenvalue weighted by Gasteiger charge is 2.39. The van der Waals surface area contributed by atoms with Gasteiger partial charge in [-0.1, -0.05) is 41.4 Å². The summed E-state index contributed by atoms with van der Waals surface area (Å²) in [4.78, 5) is 72.5. The number of alkyl halides is 10. The molecule has 0 unspecified atom stereocenters. The number of aromatic nitrogens is 10. The molecule has 2 aromatic carbocycles.